The van der Waals surface area contributed by atoms with Crippen molar-refractivity contribution in [2.75, 3.05) is 31.6 Å². The quantitative estimate of drug-likeness (QED) is 0.861. The molecule has 1 atom stereocenters. The SMILES string of the molecule is CC(=O)c1ccc(NC(=O)O[C@H](C)N2CCOCC2)cc1. The normalized spacial score (nSPS) is 17.0. The van der Waals surface area contributed by atoms with Gasteiger partial charge < -0.3 is 9.47 Å². The van der Waals surface area contributed by atoms with Crippen LogP contribution in [-0.4, -0.2) is 49.3 Å². The van der Waals surface area contributed by atoms with Gasteiger partial charge in [0.1, 0.15) is 0 Å². The molecule has 0 aromatic heterocycles. The first-order chi connectivity index (χ1) is 10.1. The second-order valence-corrected chi connectivity index (χ2v) is 4.91. The van der Waals surface area contributed by atoms with Gasteiger partial charge in [0.05, 0.1) is 13.2 Å². The van der Waals surface area contributed by atoms with Crippen LogP contribution in [0.25, 0.3) is 0 Å². The Morgan fingerprint density at radius 3 is 2.43 bits per heavy atom. The highest BCUT2D eigenvalue weighted by Gasteiger charge is 2.20. The fourth-order valence-electron chi connectivity index (χ4n) is 2.11. The molecule has 1 amide bonds. The summed E-state index contributed by atoms with van der Waals surface area (Å²) in [6.45, 7) is 6.15. The lowest BCUT2D eigenvalue weighted by Gasteiger charge is -2.31. The Bertz CT molecular complexity index is 495. The summed E-state index contributed by atoms with van der Waals surface area (Å²) in [5.74, 6) is -0.00920. The van der Waals surface area contributed by atoms with Gasteiger partial charge in [-0.3, -0.25) is 15.0 Å². The van der Waals surface area contributed by atoms with Crippen molar-refractivity contribution < 1.29 is 19.1 Å². The Labute approximate surface area is 124 Å². The molecule has 1 heterocycles. The molecule has 1 aromatic rings. The Hall–Kier alpha value is -1.92. The van der Waals surface area contributed by atoms with Crippen LogP contribution in [0.2, 0.25) is 0 Å². The molecule has 21 heavy (non-hydrogen) atoms. The summed E-state index contributed by atoms with van der Waals surface area (Å²) in [6.07, 6.45) is -0.810. The molecular weight excluding hydrogens is 272 g/mol. The van der Waals surface area contributed by atoms with Crippen LogP contribution >= 0.6 is 0 Å². The Balaban J connectivity index is 1.84. The average molecular weight is 292 g/mol. The number of hydrogen-bond donors (Lipinski definition) is 1. The van der Waals surface area contributed by atoms with Gasteiger partial charge in [0.25, 0.3) is 0 Å². The van der Waals surface area contributed by atoms with Crippen LogP contribution in [-0.2, 0) is 9.47 Å². The van der Waals surface area contributed by atoms with Gasteiger partial charge in [0, 0.05) is 24.3 Å². The van der Waals surface area contributed by atoms with Crippen LogP contribution < -0.4 is 5.32 Å². The molecule has 1 saturated heterocycles. The molecular formula is C15H20N2O4. The number of anilines is 1. The zero-order valence-electron chi connectivity index (χ0n) is 12.3. The average Bonchev–Trinajstić information content (AvgIpc) is 2.48. The highest BCUT2D eigenvalue weighted by molar-refractivity contribution is 5.94. The molecule has 1 aromatic carbocycles. The summed E-state index contributed by atoms with van der Waals surface area (Å²) in [4.78, 5) is 25.0. The smallest absolute Gasteiger partial charge is 0.413 e. The van der Waals surface area contributed by atoms with Gasteiger partial charge >= 0.3 is 6.09 Å². The molecule has 0 aliphatic carbocycles. The maximum absolute atomic E-state index is 11.8. The van der Waals surface area contributed by atoms with E-state index in [1.165, 1.54) is 6.92 Å². The first kappa shape index (κ1) is 15.5. The van der Waals surface area contributed by atoms with Crippen LogP contribution in [0.3, 0.4) is 0 Å². The molecule has 1 fully saturated rings. The maximum atomic E-state index is 11.8. The van der Waals surface area contributed by atoms with Gasteiger partial charge in [-0.25, -0.2) is 4.79 Å². The number of Topliss-reactive ketones (excluding diaryl/α,β-unsaturated/α-hetero) is 1. The second-order valence-electron chi connectivity index (χ2n) is 4.91. The highest BCUT2D eigenvalue weighted by atomic mass is 16.6. The zero-order valence-corrected chi connectivity index (χ0v) is 12.3. The molecule has 0 spiro atoms. The fraction of sp³-hybridized carbons (Fsp3) is 0.467. The summed E-state index contributed by atoms with van der Waals surface area (Å²) >= 11 is 0. The number of nitrogens with zero attached hydrogens (tertiary/aromatic N) is 1. The topological polar surface area (TPSA) is 67.9 Å². The van der Waals surface area contributed by atoms with Crippen molar-refractivity contribution in [3.63, 3.8) is 0 Å². The number of carbonyl (C=O) groups is 2. The van der Waals surface area contributed by atoms with Gasteiger partial charge in [-0.1, -0.05) is 0 Å². The number of ether oxygens (including phenoxy) is 2. The van der Waals surface area contributed by atoms with Crippen LogP contribution in [0.4, 0.5) is 10.5 Å². The number of morpholine rings is 1. The maximum Gasteiger partial charge on any atom is 0.413 e. The molecule has 0 unspecified atom stereocenters. The number of ketones is 1. The molecule has 0 bridgehead atoms. The lowest BCUT2D eigenvalue weighted by Crippen LogP contribution is -2.44. The van der Waals surface area contributed by atoms with Gasteiger partial charge in [-0.05, 0) is 38.1 Å². The summed E-state index contributed by atoms with van der Waals surface area (Å²) in [7, 11) is 0. The molecule has 114 valence electrons. The van der Waals surface area contributed by atoms with E-state index in [-0.39, 0.29) is 12.0 Å². The van der Waals surface area contributed by atoms with Gasteiger partial charge in [0.2, 0.25) is 0 Å². The third-order valence-electron chi connectivity index (χ3n) is 3.38. The number of benzene rings is 1. The monoisotopic (exact) mass is 292 g/mol. The Morgan fingerprint density at radius 2 is 1.86 bits per heavy atom. The van der Waals surface area contributed by atoms with Crippen LogP contribution in [0.15, 0.2) is 24.3 Å². The largest absolute Gasteiger partial charge is 0.430 e. The zero-order chi connectivity index (χ0) is 15.2. The van der Waals surface area contributed by atoms with E-state index in [0.29, 0.717) is 24.5 Å². The third kappa shape index (κ3) is 4.54. The van der Waals surface area contributed by atoms with Crippen molar-refractivity contribution in [2.45, 2.75) is 20.1 Å². The standard InChI is InChI=1S/C15H20N2O4/c1-11(18)13-3-5-14(6-4-13)16-15(19)21-12(2)17-7-9-20-10-8-17/h3-6,12H,7-10H2,1-2H3,(H,16,19)/t12-/m1/s1. The molecule has 2 rings (SSSR count). The molecule has 1 N–H and O–H groups in total. The highest BCUT2D eigenvalue weighted by Crippen LogP contribution is 2.12. The lowest BCUT2D eigenvalue weighted by atomic mass is 10.1. The van der Waals surface area contributed by atoms with Gasteiger partial charge in [0.15, 0.2) is 12.0 Å². The lowest BCUT2D eigenvalue weighted by molar-refractivity contribution is -0.0525. The van der Waals surface area contributed by atoms with E-state index in [2.05, 4.69) is 5.32 Å². The van der Waals surface area contributed by atoms with Crippen molar-refractivity contribution in [1.82, 2.24) is 4.90 Å². The van der Waals surface area contributed by atoms with E-state index in [1.807, 2.05) is 11.8 Å². The molecule has 6 nitrogen and oxygen atoms in total. The summed E-state index contributed by atoms with van der Waals surface area (Å²) < 4.78 is 10.6. The van der Waals surface area contributed by atoms with E-state index in [4.69, 9.17) is 9.47 Å². The minimum atomic E-state index is -0.510. The van der Waals surface area contributed by atoms with E-state index >= 15 is 0 Å². The second kappa shape index (κ2) is 7.19. The van der Waals surface area contributed by atoms with E-state index < -0.39 is 6.09 Å². The fourth-order valence-corrected chi connectivity index (χ4v) is 2.11. The number of carbonyl (C=O) groups excluding carboxylic acids is 2. The predicted molar refractivity (Wildman–Crippen MR) is 78.4 cm³/mol. The number of hydrogen-bond acceptors (Lipinski definition) is 5. The van der Waals surface area contributed by atoms with Gasteiger partial charge in [-0.2, -0.15) is 0 Å². The molecule has 1 aliphatic heterocycles. The summed E-state index contributed by atoms with van der Waals surface area (Å²) in [5.41, 5.74) is 1.20. The predicted octanol–water partition coefficient (Wildman–Crippen LogP) is 2.12. The first-order valence-electron chi connectivity index (χ1n) is 6.96. The van der Waals surface area contributed by atoms with Crippen LogP contribution in [0.5, 0.6) is 0 Å². The number of nitrogens with one attached hydrogen (secondary N) is 1. The molecule has 6 heteroatoms. The minimum absolute atomic E-state index is 0.00920. The van der Waals surface area contributed by atoms with Crippen molar-refractivity contribution in [1.29, 1.82) is 0 Å². The van der Waals surface area contributed by atoms with E-state index in [0.717, 1.165) is 13.1 Å². The van der Waals surface area contributed by atoms with Crippen molar-refractivity contribution in [2.24, 2.45) is 0 Å². The first-order valence-corrected chi connectivity index (χ1v) is 6.96. The van der Waals surface area contributed by atoms with Crippen molar-refractivity contribution in [3.05, 3.63) is 29.8 Å². The Morgan fingerprint density at radius 1 is 1.24 bits per heavy atom. The minimum Gasteiger partial charge on any atom is -0.430 e. The van der Waals surface area contributed by atoms with Gasteiger partial charge in [-0.15, -0.1) is 0 Å². The summed E-state index contributed by atoms with van der Waals surface area (Å²) in [5, 5.41) is 2.65. The Kier molecular flexibility index (Phi) is 5.30. The summed E-state index contributed by atoms with van der Waals surface area (Å²) in [6, 6.07) is 6.70. The van der Waals surface area contributed by atoms with Crippen LogP contribution in [0, 0.1) is 0 Å². The van der Waals surface area contributed by atoms with E-state index in [1.54, 1.807) is 24.3 Å². The van der Waals surface area contributed by atoms with Crippen molar-refractivity contribution in [3.8, 4) is 0 Å². The van der Waals surface area contributed by atoms with E-state index in [9.17, 15) is 9.59 Å². The van der Waals surface area contributed by atoms with Crippen molar-refractivity contribution >= 4 is 17.6 Å². The molecule has 0 radical (unpaired) electrons. The van der Waals surface area contributed by atoms with Crippen LogP contribution in [0.1, 0.15) is 24.2 Å². The number of amides is 1. The number of rotatable bonds is 4. The molecule has 0 saturated carbocycles. The third-order valence-corrected chi connectivity index (χ3v) is 3.38. The molecule has 1 aliphatic rings.